The van der Waals surface area contributed by atoms with E-state index in [4.69, 9.17) is 0 Å². The van der Waals surface area contributed by atoms with Crippen molar-refractivity contribution in [1.82, 2.24) is 0 Å². The highest BCUT2D eigenvalue weighted by atomic mass is 14.9. The van der Waals surface area contributed by atoms with Gasteiger partial charge in [-0.25, -0.2) is 4.57 Å². The summed E-state index contributed by atoms with van der Waals surface area (Å²) in [6.45, 7) is 8.00. The Kier molecular flexibility index (Phi) is 8.53. The first-order valence-corrected chi connectivity index (χ1v) is 8.32. The fourth-order valence-corrected chi connectivity index (χ4v) is 2.65. The summed E-state index contributed by atoms with van der Waals surface area (Å²) in [5.41, 5.74) is 3.03. The van der Waals surface area contributed by atoms with E-state index >= 15 is 0 Å². The van der Waals surface area contributed by atoms with Gasteiger partial charge in [0.15, 0.2) is 12.4 Å². The van der Waals surface area contributed by atoms with Crippen LogP contribution in [0.5, 0.6) is 0 Å². The molecule has 0 aliphatic rings. The van der Waals surface area contributed by atoms with Crippen LogP contribution >= 0.6 is 0 Å². The lowest BCUT2D eigenvalue weighted by molar-refractivity contribution is -0.698. The van der Waals surface area contributed by atoms with Crippen LogP contribution in [-0.4, -0.2) is 0 Å². The van der Waals surface area contributed by atoms with Gasteiger partial charge < -0.3 is 0 Å². The molecule has 1 rings (SSSR count). The summed E-state index contributed by atoms with van der Waals surface area (Å²) < 4.78 is 2.43. The zero-order chi connectivity index (χ0) is 13.9. The fourth-order valence-electron chi connectivity index (χ4n) is 2.65. The summed E-state index contributed by atoms with van der Waals surface area (Å²) in [6, 6.07) is 2.40. The predicted octanol–water partition coefficient (Wildman–Crippen LogP) is 4.85. The number of aromatic nitrogens is 1. The maximum absolute atomic E-state index is 2.43. The second-order valence-electron chi connectivity index (χ2n) is 5.70. The number of pyridine rings is 1. The van der Waals surface area contributed by atoms with Crippen molar-refractivity contribution in [2.24, 2.45) is 0 Å². The molecular weight excluding hydrogens is 230 g/mol. The number of unbranched alkanes of at least 4 members (excludes halogenated alkanes) is 4. The maximum Gasteiger partial charge on any atom is 0.171 e. The number of nitrogens with zero attached hydrogens (tertiary/aromatic N) is 1. The van der Waals surface area contributed by atoms with Crippen LogP contribution in [0.2, 0.25) is 0 Å². The van der Waals surface area contributed by atoms with E-state index in [0.29, 0.717) is 0 Å². The standard InChI is InChI=1S/C18H32N/c1-4-7-8-9-10-13-19-15-17(11-5-2)14-18(16-19)12-6-3/h14-16H,4-13H2,1-3H3/q+1. The van der Waals surface area contributed by atoms with Gasteiger partial charge in [0.1, 0.15) is 6.54 Å². The molecule has 1 nitrogen and oxygen atoms in total. The average Bonchev–Trinajstić information content (AvgIpc) is 2.39. The van der Waals surface area contributed by atoms with Crippen LogP contribution in [0, 0.1) is 0 Å². The molecule has 1 heterocycles. The largest absolute Gasteiger partial charge is 0.205 e. The monoisotopic (exact) mass is 262 g/mol. The molecule has 0 aliphatic heterocycles. The van der Waals surface area contributed by atoms with Crippen LogP contribution in [0.25, 0.3) is 0 Å². The Bertz CT molecular complexity index is 319. The van der Waals surface area contributed by atoms with Crippen molar-refractivity contribution in [3.63, 3.8) is 0 Å². The van der Waals surface area contributed by atoms with Crippen LogP contribution in [0.4, 0.5) is 0 Å². The number of aryl methyl sites for hydroxylation is 3. The smallest absolute Gasteiger partial charge is 0.171 e. The molecule has 0 aromatic carbocycles. The molecule has 0 unspecified atom stereocenters. The molecule has 1 heteroatoms. The Balaban J connectivity index is 2.54. The van der Waals surface area contributed by atoms with E-state index in [1.165, 1.54) is 75.5 Å². The minimum atomic E-state index is 1.19. The first-order chi connectivity index (χ1) is 9.30. The SMILES string of the molecule is CCCCCCC[n+]1cc(CCC)cc(CCC)c1. The second-order valence-corrected chi connectivity index (χ2v) is 5.70. The van der Waals surface area contributed by atoms with Crippen LogP contribution in [0.3, 0.4) is 0 Å². The lowest BCUT2D eigenvalue weighted by Crippen LogP contribution is -2.34. The van der Waals surface area contributed by atoms with Crippen molar-refractivity contribution in [2.75, 3.05) is 0 Å². The van der Waals surface area contributed by atoms with Crippen molar-refractivity contribution in [3.8, 4) is 0 Å². The van der Waals surface area contributed by atoms with E-state index in [1.54, 1.807) is 0 Å². The first-order valence-electron chi connectivity index (χ1n) is 8.32. The number of hydrogen-bond acceptors (Lipinski definition) is 0. The van der Waals surface area contributed by atoms with E-state index in [1.807, 2.05) is 0 Å². The predicted molar refractivity (Wildman–Crippen MR) is 83.4 cm³/mol. The van der Waals surface area contributed by atoms with Gasteiger partial charge in [0.2, 0.25) is 0 Å². The van der Waals surface area contributed by atoms with Crippen molar-refractivity contribution in [3.05, 3.63) is 29.6 Å². The highest BCUT2D eigenvalue weighted by Crippen LogP contribution is 2.08. The third-order valence-electron chi connectivity index (χ3n) is 3.63. The van der Waals surface area contributed by atoms with Crippen LogP contribution < -0.4 is 4.57 Å². The van der Waals surface area contributed by atoms with Gasteiger partial charge in [-0.2, -0.15) is 0 Å². The molecule has 1 aromatic heterocycles. The zero-order valence-electron chi connectivity index (χ0n) is 13.3. The Hall–Kier alpha value is -0.850. The second kappa shape index (κ2) is 10.00. The third kappa shape index (κ3) is 6.75. The summed E-state index contributed by atoms with van der Waals surface area (Å²) in [6.07, 6.45) is 16.5. The van der Waals surface area contributed by atoms with Gasteiger partial charge in [0.05, 0.1) is 0 Å². The quantitative estimate of drug-likeness (QED) is 0.419. The van der Waals surface area contributed by atoms with Gasteiger partial charge in [-0.05, 0) is 25.3 Å². The molecule has 0 saturated heterocycles. The highest BCUT2D eigenvalue weighted by molar-refractivity contribution is 5.15. The summed E-state index contributed by atoms with van der Waals surface area (Å²) >= 11 is 0. The number of hydrogen-bond donors (Lipinski definition) is 0. The van der Waals surface area contributed by atoms with E-state index < -0.39 is 0 Å². The lowest BCUT2D eigenvalue weighted by Gasteiger charge is -2.04. The highest BCUT2D eigenvalue weighted by Gasteiger charge is 2.07. The van der Waals surface area contributed by atoms with Crippen molar-refractivity contribution in [2.45, 2.75) is 85.1 Å². The molecule has 0 atom stereocenters. The van der Waals surface area contributed by atoms with Gasteiger partial charge in [-0.1, -0.05) is 52.9 Å². The van der Waals surface area contributed by atoms with Crippen LogP contribution in [0.15, 0.2) is 18.5 Å². The molecule has 1 aromatic rings. The molecule has 0 aliphatic carbocycles. The van der Waals surface area contributed by atoms with Gasteiger partial charge in [0, 0.05) is 17.5 Å². The van der Waals surface area contributed by atoms with E-state index in [2.05, 4.69) is 43.8 Å². The van der Waals surface area contributed by atoms with Crippen LogP contribution in [-0.2, 0) is 19.4 Å². The van der Waals surface area contributed by atoms with Crippen molar-refractivity contribution in [1.29, 1.82) is 0 Å². The Morgan fingerprint density at radius 2 is 1.32 bits per heavy atom. The maximum atomic E-state index is 2.43. The average molecular weight is 262 g/mol. The van der Waals surface area contributed by atoms with E-state index in [-0.39, 0.29) is 0 Å². The molecule has 0 saturated carbocycles. The summed E-state index contributed by atoms with van der Waals surface area (Å²) in [7, 11) is 0. The fraction of sp³-hybridized carbons (Fsp3) is 0.722. The first kappa shape index (κ1) is 16.2. The molecule has 0 fully saturated rings. The Morgan fingerprint density at radius 1 is 0.737 bits per heavy atom. The molecule has 19 heavy (non-hydrogen) atoms. The van der Waals surface area contributed by atoms with Crippen LogP contribution in [0.1, 0.15) is 76.8 Å². The van der Waals surface area contributed by atoms with Gasteiger partial charge in [-0.3, -0.25) is 0 Å². The summed E-state index contributed by atoms with van der Waals surface area (Å²) in [5.74, 6) is 0. The topological polar surface area (TPSA) is 3.88 Å². The van der Waals surface area contributed by atoms with Gasteiger partial charge >= 0.3 is 0 Å². The minimum absolute atomic E-state index is 1.19. The lowest BCUT2D eigenvalue weighted by atomic mass is 10.1. The molecule has 0 spiro atoms. The Labute approximate surface area is 120 Å². The molecule has 0 amide bonds. The minimum Gasteiger partial charge on any atom is -0.205 e. The molecule has 0 N–H and O–H groups in total. The number of rotatable bonds is 10. The summed E-state index contributed by atoms with van der Waals surface area (Å²) in [4.78, 5) is 0. The molecule has 108 valence electrons. The Morgan fingerprint density at radius 3 is 1.84 bits per heavy atom. The zero-order valence-corrected chi connectivity index (χ0v) is 13.3. The van der Waals surface area contributed by atoms with Gasteiger partial charge in [0.25, 0.3) is 0 Å². The molecule has 0 radical (unpaired) electrons. The van der Waals surface area contributed by atoms with E-state index in [0.717, 1.165) is 0 Å². The molecule has 0 bridgehead atoms. The third-order valence-corrected chi connectivity index (χ3v) is 3.63. The van der Waals surface area contributed by atoms with E-state index in [9.17, 15) is 0 Å². The summed E-state index contributed by atoms with van der Waals surface area (Å²) in [5, 5.41) is 0. The van der Waals surface area contributed by atoms with Crippen molar-refractivity contribution < 1.29 is 4.57 Å². The van der Waals surface area contributed by atoms with Crippen molar-refractivity contribution >= 4 is 0 Å². The molecular formula is C18H32N+. The normalized spacial score (nSPS) is 10.9. The van der Waals surface area contributed by atoms with Gasteiger partial charge in [-0.15, -0.1) is 0 Å².